The quantitative estimate of drug-likeness (QED) is 0.455. The van der Waals surface area contributed by atoms with Crippen molar-refractivity contribution < 1.29 is 9.53 Å². The van der Waals surface area contributed by atoms with Crippen LogP contribution in [-0.2, 0) is 9.53 Å². The molecule has 0 aromatic rings. The van der Waals surface area contributed by atoms with Crippen molar-refractivity contribution in [3.63, 3.8) is 0 Å². The first-order chi connectivity index (χ1) is 8.52. The second kappa shape index (κ2) is 11.5. The molecule has 0 heterocycles. The molecule has 0 aliphatic rings. The Morgan fingerprint density at radius 3 is 2.33 bits per heavy atom. The van der Waals surface area contributed by atoms with Crippen LogP contribution in [0.5, 0.6) is 0 Å². The van der Waals surface area contributed by atoms with E-state index in [9.17, 15) is 4.79 Å². The van der Waals surface area contributed by atoms with Crippen molar-refractivity contribution in [3.8, 4) is 0 Å². The van der Waals surface area contributed by atoms with E-state index in [-0.39, 0.29) is 5.97 Å². The summed E-state index contributed by atoms with van der Waals surface area (Å²) in [5.74, 6) is 1.11. The maximum atomic E-state index is 11.3. The summed E-state index contributed by atoms with van der Waals surface area (Å²) in [6.07, 6.45) is 5.06. The van der Waals surface area contributed by atoms with Gasteiger partial charge in [0.15, 0.2) is 0 Å². The van der Waals surface area contributed by atoms with Gasteiger partial charge in [-0.15, -0.1) is 0 Å². The van der Waals surface area contributed by atoms with Crippen LogP contribution >= 0.6 is 0 Å². The third-order valence-corrected chi connectivity index (χ3v) is 2.73. The van der Waals surface area contributed by atoms with E-state index in [1.54, 1.807) is 0 Å². The number of rotatable bonds is 11. The molecular weight excluding hydrogens is 226 g/mol. The van der Waals surface area contributed by atoms with E-state index in [1.807, 2.05) is 13.8 Å². The first-order valence-electron chi connectivity index (χ1n) is 7.38. The molecule has 0 rings (SSSR count). The maximum absolute atomic E-state index is 11.3. The lowest BCUT2D eigenvalue weighted by molar-refractivity contribution is -0.144. The van der Waals surface area contributed by atoms with Gasteiger partial charge in [-0.3, -0.25) is 4.79 Å². The van der Waals surface area contributed by atoms with Gasteiger partial charge in [0, 0.05) is 6.42 Å². The van der Waals surface area contributed by atoms with Crippen molar-refractivity contribution in [1.82, 2.24) is 5.32 Å². The van der Waals surface area contributed by atoms with Crippen molar-refractivity contribution in [1.29, 1.82) is 0 Å². The van der Waals surface area contributed by atoms with E-state index in [4.69, 9.17) is 4.74 Å². The van der Waals surface area contributed by atoms with Gasteiger partial charge in [-0.25, -0.2) is 0 Å². The molecule has 0 saturated heterocycles. The van der Waals surface area contributed by atoms with E-state index in [0.29, 0.717) is 18.9 Å². The minimum absolute atomic E-state index is 0.0555. The highest BCUT2D eigenvalue weighted by molar-refractivity contribution is 5.69. The Morgan fingerprint density at radius 1 is 1.00 bits per heavy atom. The van der Waals surface area contributed by atoms with Crippen molar-refractivity contribution in [2.45, 2.75) is 59.8 Å². The molecule has 0 aromatic carbocycles. The van der Waals surface area contributed by atoms with E-state index in [0.717, 1.165) is 31.8 Å². The van der Waals surface area contributed by atoms with Crippen molar-refractivity contribution in [2.24, 2.45) is 11.8 Å². The number of hydrogen-bond donors (Lipinski definition) is 1. The predicted molar refractivity (Wildman–Crippen MR) is 76.6 cm³/mol. The fourth-order valence-electron chi connectivity index (χ4n) is 1.62. The summed E-state index contributed by atoms with van der Waals surface area (Å²) in [6.45, 7) is 11.3. The number of esters is 1. The van der Waals surface area contributed by atoms with Gasteiger partial charge in [-0.05, 0) is 50.6 Å². The first-order valence-corrected chi connectivity index (χ1v) is 7.38. The zero-order valence-electron chi connectivity index (χ0n) is 12.6. The molecule has 108 valence electrons. The Balaban J connectivity index is 3.14. The summed E-state index contributed by atoms with van der Waals surface area (Å²) < 4.78 is 5.15. The van der Waals surface area contributed by atoms with Crippen molar-refractivity contribution >= 4 is 5.97 Å². The van der Waals surface area contributed by atoms with Gasteiger partial charge >= 0.3 is 5.97 Å². The molecule has 3 nitrogen and oxygen atoms in total. The minimum Gasteiger partial charge on any atom is -0.466 e. The van der Waals surface area contributed by atoms with Crippen molar-refractivity contribution in [2.75, 3.05) is 19.7 Å². The summed E-state index contributed by atoms with van der Waals surface area (Å²) in [7, 11) is 0. The largest absolute Gasteiger partial charge is 0.466 e. The Labute approximate surface area is 113 Å². The minimum atomic E-state index is -0.0555. The van der Waals surface area contributed by atoms with Crippen LogP contribution in [0, 0.1) is 11.8 Å². The molecule has 0 unspecified atom stereocenters. The highest BCUT2D eigenvalue weighted by atomic mass is 16.5. The van der Waals surface area contributed by atoms with Crippen LogP contribution in [0.4, 0.5) is 0 Å². The van der Waals surface area contributed by atoms with Gasteiger partial charge in [0.25, 0.3) is 0 Å². The number of hydrogen-bond acceptors (Lipinski definition) is 3. The molecule has 1 N–H and O–H groups in total. The second-order valence-corrected chi connectivity index (χ2v) is 5.81. The zero-order valence-corrected chi connectivity index (χ0v) is 12.6. The van der Waals surface area contributed by atoms with Gasteiger partial charge in [0.05, 0.1) is 6.61 Å². The molecule has 0 atom stereocenters. The Bertz CT molecular complexity index is 203. The number of nitrogens with one attached hydrogen (secondary N) is 1. The molecule has 0 radical (unpaired) electrons. The third kappa shape index (κ3) is 13.5. The first kappa shape index (κ1) is 17.4. The molecule has 0 bridgehead atoms. The molecule has 0 fully saturated rings. The van der Waals surface area contributed by atoms with Crippen LogP contribution in [0.15, 0.2) is 0 Å². The van der Waals surface area contributed by atoms with Crippen LogP contribution in [0.1, 0.15) is 59.8 Å². The highest BCUT2D eigenvalue weighted by Gasteiger charge is 2.05. The monoisotopic (exact) mass is 257 g/mol. The Hall–Kier alpha value is -0.570. The highest BCUT2D eigenvalue weighted by Crippen LogP contribution is 2.02. The Kier molecular flexibility index (Phi) is 11.2. The average molecular weight is 257 g/mol. The van der Waals surface area contributed by atoms with E-state index >= 15 is 0 Å². The van der Waals surface area contributed by atoms with Gasteiger partial charge < -0.3 is 10.1 Å². The lowest BCUT2D eigenvalue weighted by atomic mass is 10.1. The van der Waals surface area contributed by atoms with E-state index < -0.39 is 0 Å². The van der Waals surface area contributed by atoms with E-state index in [1.165, 1.54) is 12.8 Å². The van der Waals surface area contributed by atoms with Crippen LogP contribution in [-0.4, -0.2) is 25.7 Å². The Morgan fingerprint density at radius 2 is 1.72 bits per heavy atom. The standard InChI is InChI=1S/C15H31NO2/c1-13(2)8-10-16-9-6-5-7-11-18-15(17)12-14(3)4/h13-14,16H,5-12H2,1-4H3. The van der Waals surface area contributed by atoms with Gasteiger partial charge in [-0.1, -0.05) is 27.7 Å². The number of carbonyl (C=O) groups excluding carboxylic acids is 1. The third-order valence-electron chi connectivity index (χ3n) is 2.73. The molecule has 0 aliphatic carbocycles. The average Bonchev–Trinajstić information content (AvgIpc) is 2.25. The maximum Gasteiger partial charge on any atom is 0.306 e. The van der Waals surface area contributed by atoms with Gasteiger partial charge in [0.2, 0.25) is 0 Å². The van der Waals surface area contributed by atoms with Crippen LogP contribution in [0.25, 0.3) is 0 Å². The van der Waals surface area contributed by atoms with Crippen LogP contribution in [0.2, 0.25) is 0 Å². The topological polar surface area (TPSA) is 38.3 Å². The fourth-order valence-corrected chi connectivity index (χ4v) is 1.62. The second-order valence-electron chi connectivity index (χ2n) is 5.81. The SMILES string of the molecule is CC(C)CCNCCCCCOC(=O)CC(C)C. The lowest BCUT2D eigenvalue weighted by Crippen LogP contribution is -2.18. The molecule has 0 amide bonds. The molecule has 3 heteroatoms. The van der Waals surface area contributed by atoms with Gasteiger partial charge in [0.1, 0.15) is 0 Å². The number of ether oxygens (including phenoxy) is 1. The smallest absolute Gasteiger partial charge is 0.306 e. The lowest BCUT2D eigenvalue weighted by Gasteiger charge is -2.08. The summed E-state index contributed by atoms with van der Waals surface area (Å²) in [6, 6.07) is 0. The number of carbonyl (C=O) groups is 1. The summed E-state index contributed by atoms with van der Waals surface area (Å²) in [5, 5.41) is 3.43. The number of unbranched alkanes of at least 4 members (excludes halogenated alkanes) is 2. The zero-order chi connectivity index (χ0) is 13.8. The summed E-state index contributed by atoms with van der Waals surface area (Å²) in [4.78, 5) is 11.3. The molecule has 0 spiro atoms. The molecule has 0 aromatic heterocycles. The summed E-state index contributed by atoms with van der Waals surface area (Å²) >= 11 is 0. The molecule has 18 heavy (non-hydrogen) atoms. The normalized spacial score (nSPS) is 11.2. The molecular formula is C15H31NO2. The predicted octanol–water partition coefficient (Wildman–Crippen LogP) is 3.38. The summed E-state index contributed by atoms with van der Waals surface area (Å²) in [5.41, 5.74) is 0. The molecule has 0 aliphatic heterocycles. The van der Waals surface area contributed by atoms with E-state index in [2.05, 4.69) is 19.2 Å². The van der Waals surface area contributed by atoms with Crippen molar-refractivity contribution in [3.05, 3.63) is 0 Å². The fraction of sp³-hybridized carbons (Fsp3) is 0.933. The van der Waals surface area contributed by atoms with Crippen LogP contribution < -0.4 is 5.32 Å². The molecule has 0 saturated carbocycles. The van der Waals surface area contributed by atoms with Gasteiger partial charge in [-0.2, -0.15) is 0 Å². The van der Waals surface area contributed by atoms with Crippen LogP contribution in [0.3, 0.4) is 0 Å².